The molecule has 0 bridgehead atoms. The summed E-state index contributed by atoms with van der Waals surface area (Å²) in [5, 5.41) is 0.908. The van der Waals surface area contributed by atoms with E-state index >= 15 is 0 Å². The Morgan fingerprint density at radius 2 is 1.78 bits per heavy atom. The molecule has 0 aliphatic carbocycles. The second-order valence-electron chi connectivity index (χ2n) is 6.92. The molecule has 158 valence electrons. The Bertz CT molecular complexity index is 1490. The lowest BCUT2D eigenvalue weighted by atomic mass is 10.1. The third-order valence-corrected chi connectivity index (χ3v) is 6.37. The van der Waals surface area contributed by atoms with Crippen LogP contribution in [0.5, 0.6) is 0 Å². The summed E-state index contributed by atoms with van der Waals surface area (Å²) in [5.74, 6) is 5.57. The van der Waals surface area contributed by atoms with Gasteiger partial charge >= 0.3 is 5.97 Å². The van der Waals surface area contributed by atoms with Crippen molar-refractivity contribution < 1.29 is 13.7 Å². The molecule has 2 heterocycles. The second-order valence-corrected chi connectivity index (χ2v) is 9.14. The number of carbonyl (C=O) groups excluding carboxylic acids is 1. The lowest BCUT2D eigenvalue weighted by Gasteiger charge is -2.08. The summed E-state index contributed by atoms with van der Waals surface area (Å²) in [6, 6.07) is 19.9. The number of hydrogen-bond acceptors (Lipinski definition) is 6. The molecular weight excluding hydrogens is 422 g/mol. The molecule has 0 aliphatic rings. The van der Waals surface area contributed by atoms with Crippen LogP contribution in [0.3, 0.4) is 0 Å². The highest BCUT2D eigenvalue weighted by Crippen LogP contribution is 2.27. The molecule has 1 atom stereocenters. The number of pyridine rings is 2. The number of esters is 1. The van der Waals surface area contributed by atoms with Gasteiger partial charge in [-0.05, 0) is 36.4 Å². The van der Waals surface area contributed by atoms with Crippen LogP contribution in [0.2, 0.25) is 0 Å². The summed E-state index contributed by atoms with van der Waals surface area (Å²) in [5.41, 5.74) is 2.67. The van der Waals surface area contributed by atoms with Gasteiger partial charge in [0, 0.05) is 29.6 Å². The minimum atomic E-state index is -2.78. The molecule has 0 amide bonds. The van der Waals surface area contributed by atoms with Crippen molar-refractivity contribution in [3.8, 4) is 11.8 Å². The molecule has 0 saturated carbocycles. The highest BCUT2D eigenvalue weighted by atomic mass is 32.2. The van der Waals surface area contributed by atoms with Gasteiger partial charge in [-0.1, -0.05) is 42.2 Å². The van der Waals surface area contributed by atoms with Crippen molar-refractivity contribution in [2.45, 2.75) is 4.90 Å². The SMILES string of the molecule is COC(=O)c1ccc(C#Cc2ccccc2N=S(C)(=O)c2cccc3cccnc23)cn1. The van der Waals surface area contributed by atoms with E-state index in [1.54, 1.807) is 36.7 Å². The van der Waals surface area contributed by atoms with Crippen molar-refractivity contribution in [2.24, 2.45) is 4.36 Å². The van der Waals surface area contributed by atoms with Crippen molar-refractivity contribution in [3.63, 3.8) is 0 Å². The normalized spacial score (nSPS) is 12.3. The zero-order valence-electron chi connectivity index (χ0n) is 17.5. The lowest BCUT2D eigenvalue weighted by molar-refractivity contribution is 0.0594. The number of aromatic nitrogens is 2. The number of hydrogen-bond donors (Lipinski definition) is 0. The van der Waals surface area contributed by atoms with Crippen LogP contribution < -0.4 is 0 Å². The molecule has 7 heteroatoms. The summed E-state index contributed by atoms with van der Waals surface area (Å²) in [7, 11) is -1.48. The molecule has 0 fully saturated rings. The van der Waals surface area contributed by atoms with Gasteiger partial charge in [0.1, 0.15) is 5.69 Å². The first-order valence-electron chi connectivity index (χ1n) is 9.69. The maximum atomic E-state index is 13.6. The lowest BCUT2D eigenvalue weighted by Crippen LogP contribution is -2.03. The number of benzene rings is 2. The molecule has 6 nitrogen and oxygen atoms in total. The third-order valence-electron chi connectivity index (χ3n) is 4.68. The molecular formula is C25H19N3O3S. The predicted octanol–water partition coefficient (Wildman–Crippen LogP) is 4.60. The standard InChI is InChI=1S/C25H19N3O3S/c1-31-25(29)22-15-13-18(17-27-22)12-14-19-7-3-4-10-21(19)28-32(2,30)23-11-5-8-20-9-6-16-26-24(20)23/h3-11,13,15-17H,1-2H3. The molecule has 2 aromatic carbocycles. The van der Waals surface area contributed by atoms with Gasteiger partial charge in [-0.2, -0.15) is 4.36 Å². The van der Waals surface area contributed by atoms with E-state index in [0.717, 1.165) is 5.39 Å². The first-order chi connectivity index (χ1) is 15.5. The van der Waals surface area contributed by atoms with Crippen LogP contribution in [-0.2, 0) is 14.5 Å². The fraction of sp³-hybridized carbons (Fsp3) is 0.0800. The number of methoxy groups -OCH3 is 1. The van der Waals surface area contributed by atoms with Crippen LogP contribution in [0.25, 0.3) is 10.9 Å². The fourth-order valence-electron chi connectivity index (χ4n) is 3.11. The maximum Gasteiger partial charge on any atom is 0.356 e. The van der Waals surface area contributed by atoms with Crippen LogP contribution in [-0.4, -0.2) is 33.5 Å². The number of carbonyl (C=O) groups is 1. The monoisotopic (exact) mass is 441 g/mol. The number of nitrogens with zero attached hydrogens (tertiary/aromatic N) is 3. The number of para-hydroxylation sites is 1. The highest BCUT2D eigenvalue weighted by molar-refractivity contribution is 7.93. The molecule has 2 aromatic heterocycles. The minimum absolute atomic E-state index is 0.211. The quantitative estimate of drug-likeness (QED) is 0.343. The van der Waals surface area contributed by atoms with Crippen molar-refractivity contribution in [1.82, 2.24) is 9.97 Å². The van der Waals surface area contributed by atoms with E-state index in [-0.39, 0.29) is 5.69 Å². The molecule has 0 spiro atoms. The molecule has 0 aliphatic heterocycles. The average molecular weight is 442 g/mol. The maximum absolute atomic E-state index is 13.6. The number of fused-ring (bicyclic) bond motifs is 1. The molecule has 0 saturated heterocycles. The van der Waals surface area contributed by atoms with Gasteiger partial charge in [0.2, 0.25) is 0 Å². The Kier molecular flexibility index (Phi) is 5.97. The Morgan fingerprint density at radius 3 is 2.56 bits per heavy atom. The summed E-state index contributed by atoms with van der Waals surface area (Å²) < 4.78 is 22.8. The van der Waals surface area contributed by atoms with Gasteiger partial charge in [0.05, 0.1) is 38.5 Å². The Labute approximate surface area is 186 Å². The van der Waals surface area contributed by atoms with Crippen molar-refractivity contribution in [3.05, 3.63) is 95.9 Å². The highest BCUT2D eigenvalue weighted by Gasteiger charge is 2.13. The zero-order valence-corrected chi connectivity index (χ0v) is 18.3. The van der Waals surface area contributed by atoms with Gasteiger partial charge < -0.3 is 4.74 Å². The van der Waals surface area contributed by atoms with Crippen LogP contribution in [0, 0.1) is 11.8 Å². The van der Waals surface area contributed by atoms with Gasteiger partial charge in [-0.15, -0.1) is 0 Å². The molecule has 4 rings (SSSR count). The molecule has 1 unspecified atom stereocenters. The van der Waals surface area contributed by atoms with E-state index in [0.29, 0.717) is 27.2 Å². The smallest absolute Gasteiger partial charge is 0.356 e. The minimum Gasteiger partial charge on any atom is -0.464 e. The number of ether oxygens (including phenoxy) is 1. The van der Waals surface area contributed by atoms with Gasteiger partial charge in [0.15, 0.2) is 0 Å². The van der Waals surface area contributed by atoms with Gasteiger partial charge in [0.25, 0.3) is 0 Å². The summed E-state index contributed by atoms with van der Waals surface area (Å²) in [4.78, 5) is 20.6. The third kappa shape index (κ3) is 4.51. The van der Waals surface area contributed by atoms with E-state index in [4.69, 9.17) is 0 Å². The Hall–Kier alpha value is -4.02. The van der Waals surface area contributed by atoms with Crippen LogP contribution >= 0.6 is 0 Å². The Morgan fingerprint density at radius 1 is 0.969 bits per heavy atom. The number of rotatable bonds is 3. The topological polar surface area (TPSA) is 81.5 Å². The van der Waals surface area contributed by atoms with Crippen molar-refractivity contribution >= 4 is 32.3 Å². The fourth-order valence-corrected chi connectivity index (χ4v) is 4.60. The van der Waals surface area contributed by atoms with Crippen molar-refractivity contribution in [2.75, 3.05) is 13.4 Å². The first kappa shape index (κ1) is 21.2. The van der Waals surface area contributed by atoms with E-state index in [2.05, 4.69) is 30.9 Å². The van der Waals surface area contributed by atoms with E-state index < -0.39 is 15.7 Å². The van der Waals surface area contributed by atoms with E-state index in [1.807, 2.05) is 42.5 Å². The first-order valence-corrected chi connectivity index (χ1v) is 11.6. The summed E-state index contributed by atoms with van der Waals surface area (Å²) >= 11 is 0. The van der Waals surface area contributed by atoms with Crippen LogP contribution in [0.4, 0.5) is 5.69 Å². The predicted molar refractivity (Wildman–Crippen MR) is 124 cm³/mol. The average Bonchev–Trinajstić information content (AvgIpc) is 2.82. The Balaban J connectivity index is 1.73. The molecule has 0 N–H and O–H groups in total. The van der Waals surface area contributed by atoms with Gasteiger partial charge in [-0.25, -0.2) is 14.0 Å². The van der Waals surface area contributed by atoms with Crippen molar-refractivity contribution in [1.29, 1.82) is 0 Å². The molecule has 4 aromatic rings. The molecule has 0 radical (unpaired) electrons. The van der Waals surface area contributed by atoms with E-state index in [9.17, 15) is 9.00 Å². The van der Waals surface area contributed by atoms with E-state index in [1.165, 1.54) is 13.3 Å². The summed E-state index contributed by atoms with van der Waals surface area (Å²) in [6.45, 7) is 0. The van der Waals surface area contributed by atoms with Gasteiger partial charge in [-0.3, -0.25) is 4.98 Å². The van der Waals surface area contributed by atoms with Crippen LogP contribution in [0.15, 0.2) is 88.4 Å². The molecule has 32 heavy (non-hydrogen) atoms. The zero-order chi connectivity index (χ0) is 22.6. The van der Waals surface area contributed by atoms with Crippen LogP contribution in [0.1, 0.15) is 21.6 Å². The second kappa shape index (κ2) is 9.00. The summed E-state index contributed by atoms with van der Waals surface area (Å²) in [6.07, 6.45) is 4.79. The largest absolute Gasteiger partial charge is 0.464 e.